The number of hydrogen-bond donors (Lipinski definition) is 2. The van der Waals surface area contributed by atoms with Crippen molar-refractivity contribution in [2.45, 2.75) is 25.9 Å². The molecule has 1 heterocycles. The first-order chi connectivity index (χ1) is 8.83. The van der Waals surface area contributed by atoms with Crippen LogP contribution < -0.4 is 5.32 Å². The van der Waals surface area contributed by atoms with E-state index in [0.29, 0.717) is 0 Å². The number of benzene rings is 1. The highest BCUT2D eigenvalue weighted by Gasteiger charge is 2.03. The summed E-state index contributed by atoms with van der Waals surface area (Å²) in [6, 6.07) is 10.3. The van der Waals surface area contributed by atoms with E-state index in [2.05, 4.69) is 29.5 Å². The van der Waals surface area contributed by atoms with E-state index in [1.165, 1.54) is 5.56 Å². The predicted octanol–water partition coefficient (Wildman–Crippen LogP) is 1.73. The molecule has 0 spiro atoms. The molecule has 0 aliphatic heterocycles. The van der Waals surface area contributed by atoms with Crippen molar-refractivity contribution in [3.05, 3.63) is 48.3 Å². The normalized spacial score (nSPS) is 12.6. The van der Waals surface area contributed by atoms with Gasteiger partial charge in [-0.25, -0.2) is 4.68 Å². The van der Waals surface area contributed by atoms with Crippen molar-refractivity contribution in [2.75, 3.05) is 6.61 Å². The molecule has 2 N–H and O–H groups in total. The second-order valence-electron chi connectivity index (χ2n) is 4.29. The van der Waals surface area contributed by atoms with Gasteiger partial charge in [-0.3, -0.25) is 0 Å². The van der Waals surface area contributed by atoms with Crippen molar-refractivity contribution in [3.8, 4) is 5.69 Å². The Bertz CT molecular complexity index is 446. The Balaban J connectivity index is 1.96. The zero-order chi connectivity index (χ0) is 12.8. The van der Waals surface area contributed by atoms with Gasteiger partial charge in [0.15, 0.2) is 0 Å². The topological polar surface area (TPSA) is 50.1 Å². The SMILES string of the molecule is CC[C@@H](CO)NCc1ccc(-n2cccn2)cc1. The smallest absolute Gasteiger partial charge is 0.0645 e. The molecule has 18 heavy (non-hydrogen) atoms. The van der Waals surface area contributed by atoms with Crippen LogP contribution in [0.25, 0.3) is 5.69 Å². The van der Waals surface area contributed by atoms with Crippen LogP contribution in [-0.4, -0.2) is 27.5 Å². The van der Waals surface area contributed by atoms with Gasteiger partial charge in [0.1, 0.15) is 0 Å². The number of aliphatic hydroxyl groups is 1. The lowest BCUT2D eigenvalue weighted by Gasteiger charge is -2.14. The van der Waals surface area contributed by atoms with E-state index in [-0.39, 0.29) is 12.6 Å². The second kappa shape index (κ2) is 6.33. The van der Waals surface area contributed by atoms with Crippen LogP contribution in [-0.2, 0) is 6.54 Å². The standard InChI is InChI=1S/C14H19N3O/c1-2-13(11-18)15-10-12-4-6-14(7-5-12)17-9-3-8-16-17/h3-9,13,15,18H,2,10-11H2,1H3/t13-/m0/s1. The quantitative estimate of drug-likeness (QED) is 0.815. The number of nitrogens with zero attached hydrogens (tertiary/aromatic N) is 2. The lowest BCUT2D eigenvalue weighted by atomic mass is 10.2. The van der Waals surface area contributed by atoms with Crippen molar-refractivity contribution in [2.24, 2.45) is 0 Å². The van der Waals surface area contributed by atoms with E-state index in [1.54, 1.807) is 6.20 Å². The Morgan fingerprint density at radius 1 is 1.33 bits per heavy atom. The average Bonchev–Trinajstić information content (AvgIpc) is 2.94. The van der Waals surface area contributed by atoms with Gasteiger partial charge in [-0.1, -0.05) is 19.1 Å². The molecule has 1 atom stereocenters. The molecule has 0 bridgehead atoms. The molecular weight excluding hydrogens is 226 g/mol. The van der Waals surface area contributed by atoms with Gasteiger partial charge in [-0.2, -0.15) is 5.10 Å². The fourth-order valence-electron chi connectivity index (χ4n) is 1.79. The molecule has 2 rings (SSSR count). The minimum absolute atomic E-state index is 0.177. The Morgan fingerprint density at radius 3 is 2.67 bits per heavy atom. The van der Waals surface area contributed by atoms with Gasteiger partial charge < -0.3 is 10.4 Å². The van der Waals surface area contributed by atoms with Crippen LogP contribution in [0.3, 0.4) is 0 Å². The summed E-state index contributed by atoms with van der Waals surface area (Å²) in [6.45, 7) is 3.02. The van der Waals surface area contributed by atoms with Crippen LogP contribution in [0.1, 0.15) is 18.9 Å². The van der Waals surface area contributed by atoms with Gasteiger partial charge >= 0.3 is 0 Å². The highest BCUT2D eigenvalue weighted by atomic mass is 16.3. The van der Waals surface area contributed by atoms with E-state index < -0.39 is 0 Å². The van der Waals surface area contributed by atoms with Gasteiger partial charge in [0.25, 0.3) is 0 Å². The summed E-state index contributed by atoms with van der Waals surface area (Å²) in [5.74, 6) is 0. The summed E-state index contributed by atoms with van der Waals surface area (Å²) in [4.78, 5) is 0. The van der Waals surface area contributed by atoms with E-state index in [0.717, 1.165) is 18.7 Å². The highest BCUT2D eigenvalue weighted by molar-refractivity contribution is 5.33. The second-order valence-corrected chi connectivity index (χ2v) is 4.29. The lowest BCUT2D eigenvalue weighted by Crippen LogP contribution is -2.31. The van der Waals surface area contributed by atoms with E-state index in [1.807, 2.05) is 29.1 Å². The molecule has 4 nitrogen and oxygen atoms in total. The van der Waals surface area contributed by atoms with E-state index in [4.69, 9.17) is 5.11 Å². The number of aliphatic hydroxyl groups excluding tert-OH is 1. The number of hydrogen-bond acceptors (Lipinski definition) is 3. The summed E-state index contributed by atoms with van der Waals surface area (Å²) in [5, 5.41) is 16.6. The van der Waals surface area contributed by atoms with E-state index in [9.17, 15) is 0 Å². The predicted molar refractivity (Wildman–Crippen MR) is 71.6 cm³/mol. The van der Waals surface area contributed by atoms with Crippen LogP contribution in [0.4, 0.5) is 0 Å². The number of nitrogens with one attached hydrogen (secondary N) is 1. The summed E-state index contributed by atoms with van der Waals surface area (Å²) in [5.41, 5.74) is 2.26. The molecule has 0 amide bonds. The molecule has 0 unspecified atom stereocenters. The molecule has 0 saturated carbocycles. The van der Waals surface area contributed by atoms with Crippen LogP contribution in [0.5, 0.6) is 0 Å². The van der Waals surface area contributed by atoms with Gasteiger partial charge in [0, 0.05) is 25.0 Å². The first-order valence-corrected chi connectivity index (χ1v) is 6.26. The van der Waals surface area contributed by atoms with Crippen molar-refractivity contribution < 1.29 is 5.11 Å². The van der Waals surface area contributed by atoms with E-state index >= 15 is 0 Å². The Kier molecular flexibility index (Phi) is 4.50. The van der Waals surface area contributed by atoms with Crippen LogP contribution >= 0.6 is 0 Å². The molecule has 2 aromatic rings. The maximum Gasteiger partial charge on any atom is 0.0645 e. The summed E-state index contributed by atoms with van der Waals surface area (Å²) >= 11 is 0. The molecule has 1 aromatic heterocycles. The maximum absolute atomic E-state index is 9.10. The zero-order valence-corrected chi connectivity index (χ0v) is 10.6. The molecule has 0 saturated heterocycles. The molecule has 1 aromatic carbocycles. The third-order valence-corrected chi connectivity index (χ3v) is 3.01. The minimum atomic E-state index is 0.177. The Hall–Kier alpha value is -1.65. The molecule has 0 fully saturated rings. The Morgan fingerprint density at radius 2 is 2.11 bits per heavy atom. The summed E-state index contributed by atoms with van der Waals surface area (Å²) in [6.07, 6.45) is 4.62. The summed E-state index contributed by atoms with van der Waals surface area (Å²) < 4.78 is 1.83. The van der Waals surface area contributed by atoms with Crippen molar-refractivity contribution in [3.63, 3.8) is 0 Å². The number of rotatable bonds is 6. The largest absolute Gasteiger partial charge is 0.395 e. The highest BCUT2D eigenvalue weighted by Crippen LogP contribution is 2.08. The van der Waals surface area contributed by atoms with Crippen molar-refractivity contribution in [1.29, 1.82) is 0 Å². The van der Waals surface area contributed by atoms with Gasteiger partial charge in [0.05, 0.1) is 12.3 Å². The van der Waals surface area contributed by atoms with Crippen LogP contribution in [0.2, 0.25) is 0 Å². The number of aromatic nitrogens is 2. The van der Waals surface area contributed by atoms with Crippen molar-refractivity contribution >= 4 is 0 Å². The zero-order valence-electron chi connectivity index (χ0n) is 10.6. The maximum atomic E-state index is 9.10. The first-order valence-electron chi connectivity index (χ1n) is 6.26. The van der Waals surface area contributed by atoms with Gasteiger partial charge in [0.2, 0.25) is 0 Å². The molecular formula is C14H19N3O. The third kappa shape index (κ3) is 3.18. The van der Waals surface area contributed by atoms with Crippen LogP contribution in [0.15, 0.2) is 42.7 Å². The molecule has 0 aliphatic carbocycles. The van der Waals surface area contributed by atoms with Gasteiger partial charge in [-0.05, 0) is 30.2 Å². The molecule has 4 heteroatoms. The minimum Gasteiger partial charge on any atom is -0.395 e. The molecule has 96 valence electrons. The first kappa shape index (κ1) is 12.8. The van der Waals surface area contributed by atoms with Crippen LogP contribution in [0, 0.1) is 0 Å². The summed E-state index contributed by atoms with van der Waals surface area (Å²) in [7, 11) is 0. The van der Waals surface area contributed by atoms with Gasteiger partial charge in [-0.15, -0.1) is 0 Å². The average molecular weight is 245 g/mol. The Labute approximate surface area is 107 Å². The van der Waals surface area contributed by atoms with Crippen molar-refractivity contribution in [1.82, 2.24) is 15.1 Å². The molecule has 0 aliphatic rings. The third-order valence-electron chi connectivity index (χ3n) is 3.01. The fraction of sp³-hybridized carbons (Fsp3) is 0.357. The fourth-order valence-corrected chi connectivity index (χ4v) is 1.79. The lowest BCUT2D eigenvalue weighted by molar-refractivity contribution is 0.238. The molecule has 0 radical (unpaired) electrons. The monoisotopic (exact) mass is 245 g/mol.